The van der Waals surface area contributed by atoms with Gasteiger partial charge in [0.2, 0.25) is 0 Å². The summed E-state index contributed by atoms with van der Waals surface area (Å²) in [6.45, 7) is 7.67. The molecule has 1 N–H and O–H groups in total. The first-order valence-corrected chi connectivity index (χ1v) is 6.81. The number of rotatable bonds is 5. The number of ether oxygens (including phenoxy) is 1. The molecule has 0 amide bonds. The van der Waals surface area contributed by atoms with E-state index in [1.807, 2.05) is 0 Å². The molecule has 0 saturated heterocycles. The lowest BCUT2D eigenvalue weighted by atomic mass is 9.89. The van der Waals surface area contributed by atoms with Gasteiger partial charge in [0.15, 0.2) is 0 Å². The fraction of sp³-hybridized carbons (Fsp3) is 0.625. The van der Waals surface area contributed by atoms with Crippen LogP contribution < -0.4 is 10.1 Å². The Balaban J connectivity index is 2.29. The highest BCUT2D eigenvalue weighted by molar-refractivity contribution is 5.49. The van der Waals surface area contributed by atoms with Gasteiger partial charge in [-0.05, 0) is 74.8 Å². The maximum Gasteiger partial charge on any atom is 0.124 e. The number of hydrogen-bond acceptors (Lipinski definition) is 2. The van der Waals surface area contributed by atoms with E-state index >= 15 is 0 Å². The van der Waals surface area contributed by atoms with Gasteiger partial charge in [-0.2, -0.15) is 0 Å². The normalized spacial score (nSPS) is 16.7. The zero-order valence-electron chi connectivity index (χ0n) is 12.3. The molecule has 0 spiro atoms. The third-order valence-corrected chi connectivity index (χ3v) is 4.41. The monoisotopic (exact) mass is 247 g/mol. The highest BCUT2D eigenvalue weighted by Crippen LogP contribution is 2.48. The van der Waals surface area contributed by atoms with E-state index in [1.165, 1.54) is 41.5 Å². The third-order valence-electron chi connectivity index (χ3n) is 4.41. The van der Waals surface area contributed by atoms with Crippen LogP contribution in [0.4, 0.5) is 0 Å². The van der Waals surface area contributed by atoms with Crippen molar-refractivity contribution >= 4 is 0 Å². The van der Waals surface area contributed by atoms with Gasteiger partial charge >= 0.3 is 0 Å². The van der Waals surface area contributed by atoms with Crippen LogP contribution in [-0.2, 0) is 6.42 Å². The lowest BCUT2D eigenvalue weighted by molar-refractivity contribution is 0.407. The van der Waals surface area contributed by atoms with Crippen LogP contribution in [-0.4, -0.2) is 20.7 Å². The average molecular weight is 247 g/mol. The van der Waals surface area contributed by atoms with Crippen molar-refractivity contribution in [2.75, 3.05) is 20.7 Å². The molecule has 2 heteroatoms. The Morgan fingerprint density at radius 2 is 1.89 bits per heavy atom. The molecule has 1 aliphatic carbocycles. The Bertz CT molecular complexity index is 447. The van der Waals surface area contributed by atoms with Gasteiger partial charge in [-0.3, -0.25) is 0 Å². The van der Waals surface area contributed by atoms with Crippen LogP contribution in [0.3, 0.4) is 0 Å². The first-order valence-electron chi connectivity index (χ1n) is 6.81. The van der Waals surface area contributed by atoms with E-state index in [4.69, 9.17) is 4.74 Å². The average Bonchev–Trinajstić information content (AvgIpc) is 3.07. The maximum atomic E-state index is 5.49. The van der Waals surface area contributed by atoms with Gasteiger partial charge < -0.3 is 10.1 Å². The molecule has 0 unspecified atom stereocenters. The molecule has 1 saturated carbocycles. The minimum absolute atomic E-state index is 0.521. The predicted octanol–water partition coefficient (Wildman–Crippen LogP) is 3.16. The summed E-state index contributed by atoms with van der Waals surface area (Å²) in [5, 5.41) is 3.34. The van der Waals surface area contributed by atoms with E-state index in [9.17, 15) is 0 Å². The van der Waals surface area contributed by atoms with Crippen LogP contribution in [0.5, 0.6) is 5.75 Å². The Hall–Kier alpha value is -1.02. The Kier molecular flexibility index (Phi) is 3.67. The molecule has 1 aliphatic rings. The van der Waals surface area contributed by atoms with Gasteiger partial charge in [-0.15, -0.1) is 0 Å². The van der Waals surface area contributed by atoms with E-state index in [1.54, 1.807) is 7.11 Å². The second-order valence-electron chi connectivity index (χ2n) is 5.84. The Morgan fingerprint density at radius 1 is 1.22 bits per heavy atom. The van der Waals surface area contributed by atoms with Gasteiger partial charge in [-0.1, -0.05) is 6.07 Å². The number of methoxy groups -OCH3 is 1. The van der Waals surface area contributed by atoms with E-state index in [0.29, 0.717) is 5.41 Å². The molecule has 0 aliphatic heterocycles. The topological polar surface area (TPSA) is 21.3 Å². The molecule has 0 atom stereocenters. The summed E-state index contributed by atoms with van der Waals surface area (Å²) in [6.07, 6.45) is 3.92. The number of hydrogen-bond donors (Lipinski definition) is 1. The summed E-state index contributed by atoms with van der Waals surface area (Å²) >= 11 is 0. The number of nitrogens with one attached hydrogen (secondary N) is 1. The van der Waals surface area contributed by atoms with Crippen molar-refractivity contribution in [1.82, 2.24) is 5.32 Å². The van der Waals surface area contributed by atoms with Crippen molar-refractivity contribution in [3.63, 3.8) is 0 Å². The fourth-order valence-electron chi connectivity index (χ4n) is 3.01. The van der Waals surface area contributed by atoms with Crippen LogP contribution in [0, 0.1) is 26.2 Å². The van der Waals surface area contributed by atoms with Crippen molar-refractivity contribution in [1.29, 1.82) is 0 Å². The smallest absolute Gasteiger partial charge is 0.124 e. The largest absolute Gasteiger partial charge is 0.496 e. The molecule has 1 fully saturated rings. The van der Waals surface area contributed by atoms with Gasteiger partial charge in [0.05, 0.1) is 7.11 Å². The van der Waals surface area contributed by atoms with E-state index in [2.05, 4.69) is 39.2 Å². The van der Waals surface area contributed by atoms with Crippen LogP contribution in [0.25, 0.3) is 0 Å². The summed E-state index contributed by atoms with van der Waals surface area (Å²) in [5.74, 6) is 1.05. The molecule has 1 aromatic carbocycles. The van der Waals surface area contributed by atoms with Gasteiger partial charge in [-0.25, -0.2) is 0 Å². The standard InChI is InChI=1S/C16H25NO/c1-11-8-14(9-16(6-7-16)10-17-4)12(2)13(3)15(11)18-5/h8,17H,6-7,9-10H2,1-5H3. The molecular weight excluding hydrogens is 222 g/mol. The predicted molar refractivity (Wildman–Crippen MR) is 76.5 cm³/mol. The molecular formula is C16H25NO. The number of benzene rings is 1. The van der Waals surface area contributed by atoms with E-state index in [0.717, 1.165) is 12.3 Å². The number of aryl methyl sites for hydroxylation is 1. The van der Waals surface area contributed by atoms with Crippen molar-refractivity contribution in [3.8, 4) is 5.75 Å². The summed E-state index contributed by atoms with van der Waals surface area (Å²) < 4.78 is 5.49. The summed E-state index contributed by atoms with van der Waals surface area (Å²) in [6, 6.07) is 2.32. The van der Waals surface area contributed by atoms with Gasteiger partial charge in [0.1, 0.15) is 5.75 Å². The molecule has 0 radical (unpaired) electrons. The van der Waals surface area contributed by atoms with Crippen molar-refractivity contribution in [2.45, 2.75) is 40.0 Å². The zero-order valence-corrected chi connectivity index (χ0v) is 12.3. The maximum absolute atomic E-state index is 5.49. The lowest BCUT2D eigenvalue weighted by Crippen LogP contribution is -2.22. The summed E-state index contributed by atoms with van der Waals surface area (Å²) in [4.78, 5) is 0. The summed E-state index contributed by atoms with van der Waals surface area (Å²) in [7, 11) is 3.81. The van der Waals surface area contributed by atoms with Crippen molar-refractivity contribution in [2.24, 2.45) is 5.41 Å². The molecule has 2 nitrogen and oxygen atoms in total. The second kappa shape index (κ2) is 4.93. The first kappa shape index (κ1) is 13.4. The highest BCUT2D eigenvalue weighted by atomic mass is 16.5. The van der Waals surface area contributed by atoms with Gasteiger partial charge in [0.25, 0.3) is 0 Å². The van der Waals surface area contributed by atoms with Gasteiger partial charge in [0, 0.05) is 6.54 Å². The minimum atomic E-state index is 0.521. The first-order chi connectivity index (χ1) is 8.53. The van der Waals surface area contributed by atoms with Crippen molar-refractivity contribution in [3.05, 3.63) is 28.3 Å². The quantitative estimate of drug-likeness (QED) is 0.863. The van der Waals surface area contributed by atoms with Crippen LogP contribution in [0.2, 0.25) is 0 Å². The van der Waals surface area contributed by atoms with Crippen molar-refractivity contribution < 1.29 is 4.74 Å². The molecule has 100 valence electrons. The summed E-state index contributed by atoms with van der Waals surface area (Å²) in [5.41, 5.74) is 5.98. The van der Waals surface area contributed by atoms with E-state index < -0.39 is 0 Å². The highest BCUT2D eigenvalue weighted by Gasteiger charge is 2.42. The van der Waals surface area contributed by atoms with Crippen LogP contribution in [0.1, 0.15) is 35.1 Å². The molecule has 18 heavy (non-hydrogen) atoms. The molecule has 2 rings (SSSR count). The zero-order chi connectivity index (χ0) is 13.3. The Labute approximate surface area is 111 Å². The SMILES string of the molecule is CNCC1(Cc2cc(C)c(OC)c(C)c2C)CC1. The molecule has 0 aromatic heterocycles. The third kappa shape index (κ3) is 2.39. The second-order valence-corrected chi connectivity index (χ2v) is 5.84. The minimum Gasteiger partial charge on any atom is -0.496 e. The van der Waals surface area contributed by atoms with E-state index in [-0.39, 0.29) is 0 Å². The Morgan fingerprint density at radius 3 is 2.39 bits per heavy atom. The lowest BCUT2D eigenvalue weighted by Gasteiger charge is -2.20. The molecule has 0 bridgehead atoms. The molecule has 1 aromatic rings. The van der Waals surface area contributed by atoms with Crippen LogP contribution in [0.15, 0.2) is 6.07 Å². The molecule has 0 heterocycles. The van der Waals surface area contributed by atoms with Crippen LogP contribution >= 0.6 is 0 Å². The fourth-order valence-corrected chi connectivity index (χ4v) is 3.01.